The molecule has 3 heterocycles. The highest BCUT2D eigenvalue weighted by Crippen LogP contribution is 2.39. The number of hydrogen-bond donors (Lipinski definition) is 2. The molecule has 9 heteroatoms. The summed E-state index contributed by atoms with van der Waals surface area (Å²) in [5.74, 6) is 0.596. The fourth-order valence-corrected chi connectivity index (χ4v) is 5.33. The number of fused-ring (bicyclic) bond motifs is 1. The first kappa shape index (κ1) is 19.4. The normalized spacial score (nSPS) is 17.1. The van der Waals surface area contributed by atoms with Gasteiger partial charge in [0.05, 0.1) is 44.6 Å². The number of aromatic nitrogens is 4. The van der Waals surface area contributed by atoms with Crippen molar-refractivity contribution in [1.29, 1.82) is 0 Å². The lowest BCUT2D eigenvalue weighted by Crippen LogP contribution is -2.39. The second-order valence-corrected chi connectivity index (χ2v) is 9.61. The van der Waals surface area contributed by atoms with E-state index in [-0.39, 0.29) is 11.8 Å². The van der Waals surface area contributed by atoms with Crippen LogP contribution in [0.5, 0.6) is 0 Å². The number of hydrogen-bond acceptors (Lipinski definition) is 8. The summed E-state index contributed by atoms with van der Waals surface area (Å²) >= 11 is 1.56. The molecule has 1 aliphatic carbocycles. The van der Waals surface area contributed by atoms with Crippen molar-refractivity contribution in [3.8, 4) is 10.6 Å². The Morgan fingerprint density at radius 3 is 2.61 bits per heavy atom. The van der Waals surface area contributed by atoms with Gasteiger partial charge in [0.1, 0.15) is 16.3 Å². The number of pyridine rings is 1. The van der Waals surface area contributed by atoms with Crippen LogP contribution in [-0.4, -0.2) is 47.7 Å². The average Bonchev–Trinajstić information content (AvgIpc) is 3.29. The molecule has 4 rings (SSSR count). The Morgan fingerprint density at radius 2 is 1.96 bits per heavy atom. The van der Waals surface area contributed by atoms with Crippen LogP contribution in [0, 0.1) is 13.8 Å². The smallest absolute Gasteiger partial charge is 0.220 e. The van der Waals surface area contributed by atoms with E-state index in [1.54, 1.807) is 23.8 Å². The lowest BCUT2D eigenvalue weighted by Gasteiger charge is -2.29. The average molecular weight is 418 g/mol. The summed E-state index contributed by atoms with van der Waals surface area (Å²) in [5, 5.41) is 14.6. The van der Waals surface area contributed by atoms with E-state index >= 15 is 0 Å². The first-order valence-electron chi connectivity index (χ1n) is 9.26. The van der Waals surface area contributed by atoms with Crippen molar-refractivity contribution in [1.82, 2.24) is 19.9 Å². The summed E-state index contributed by atoms with van der Waals surface area (Å²) in [7, 11) is -1.30. The van der Waals surface area contributed by atoms with E-state index in [0.717, 1.165) is 57.9 Å². The maximum atomic E-state index is 12.1. The minimum Gasteiger partial charge on any atom is -0.394 e. The second-order valence-electron chi connectivity index (χ2n) is 7.30. The number of anilines is 1. The molecule has 1 unspecified atom stereocenters. The molecule has 0 saturated heterocycles. The van der Waals surface area contributed by atoms with Crippen LogP contribution in [-0.2, 0) is 10.8 Å². The summed E-state index contributed by atoms with van der Waals surface area (Å²) in [6.07, 6.45) is 7.23. The van der Waals surface area contributed by atoms with Crippen LogP contribution >= 0.6 is 11.3 Å². The van der Waals surface area contributed by atoms with E-state index in [4.69, 9.17) is 4.98 Å². The third-order valence-electron chi connectivity index (χ3n) is 5.28. The molecule has 1 saturated carbocycles. The zero-order valence-electron chi connectivity index (χ0n) is 16.2. The van der Waals surface area contributed by atoms with Crippen molar-refractivity contribution in [2.24, 2.45) is 0 Å². The molecule has 1 aliphatic rings. The minimum atomic E-state index is -1.30. The molecule has 1 fully saturated rings. The van der Waals surface area contributed by atoms with Gasteiger partial charge in [0.25, 0.3) is 0 Å². The summed E-state index contributed by atoms with van der Waals surface area (Å²) < 4.78 is 13.1. The quantitative estimate of drug-likeness (QED) is 0.615. The molecule has 1 atom stereocenters. The largest absolute Gasteiger partial charge is 0.394 e. The molecule has 0 spiro atoms. The topological polar surface area (TPSA) is 101 Å². The fraction of sp³-hybridized carbons (Fsp3) is 0.474. The van der Waals surface area contributed by atoms with Crippen LogP contribution < -0.4 is 5.32 Å². The molecular formula is C19H23N5O2S2. The molecule has 7 nitrogen and oxygen atoms in total. The van der Waals surface area contributed by atoms with Gasteiger partial charge in [-0.25, -0.2) is 15.0 Å². The van der Waals surface area contributed by atoms with Gasteiger partial charge in [0.2, 0.25) is 5.16 Å². The molecule has 28 heavy (non-hydrogen) atoms. The van der Waals surface area contributed by atoms with Crippen molar-refractivity contribution in [2.75, 3.05) is 18.2 Å². The number of nitrogens with zero attached hydrogens (tertiary/aromatic N) is 4. The van der Waals surface area contributed by atoms with Gasteiger partial charge < -0.3 is 10.4 Å². The van der Waals surface area contributed by atoms with Gasteiger partial charge in [-0.1, -0.05) is 12.8 Å². The monoisotopic (exact) mass is 417 g/mol. The fourth-order valence-electron chi connectivity index (χ4n) is 3.74. The Labute approximate surface area is 170 Å². The van der Waals surface area contributed by atoms with Crippen molar-refractivity contribution in [2.45, 2.75) is 50.2 Å². The Bertz CT molecular complexity index is 1060. The van der Waals surface area contributed by atoms with Crippen LogP contribution in [0.4, 0.5) is 5.82 Å². The van der Waals surface area contributed by atoms with Crippen molar-refractivity contribution in [3.05, 3.63) is 23.7 Å². The maximum Gasteiger partial charge on any atom is 0.220 e. The summed E-state index contributed by atoms with van der Waals surface area (Å²) in [6.45, 7) is 3.86. The number of rotatable bonds is 5. The number of aliphatic hydroxyl groups is 1. The van der Waals surface area contributed by atoms with Gasteiger partial charge in [-0.3, -0.25) is 9.19 Å². The highest BCUT2D eigenvalue weighted by Gasteiger charge is 2.35. The van der Waals surface area contributed by atoms with E-state index in [9.17, 15) is 9.32 Å². The first-order valence-corrected chi connectivity index (χ1v) is 11.6. The maximum absolute atomic E-state index is 12.1. The number of aliphatic hydroxyl groups excluding tert-OH is 1. The molecule has 0 bridgehead atoms. The van der Waals surface area contributed by atoms with Gasteiger partial charge in [0.15, 0.2) is 0 Å². The van der Waals surface area contributed by atoms with Gasteiger partial charge in [0, 0.05) is 12.5 Å². The van der Waals surface area contributed by atoms with Crippen LogP contribution in [0.2, 0.25) is 0 Å². The second kappa shape index (κ2) is 7.46. The summed E-state index contributed by atoms with van der Waals surface area (Å²) in [5.41, 5.74) is 2.86. The lowest BCUT2D eigenvalue weighted by atomic mass is 9.98. The highest BCUT2D eigenvalue weighted by molar-refractivity contribution is 7.84. The van der Waals surface area contributed by atoms with Crippen LogP contribution in [0.1, 0.15) is 37.1 Å². The molecule has 148 valence electrons. The van der Waals surface area contributed by atoms with Crippen molar-refractivity contribution >= 4 is 38.2 Å². The van der Waals surface area contributed by atoms with Gasteiger partial charge in [-0.05, 0) is 32.8 Å². The standard InChI is InChI=1S/C19H23N5O2S2/c1-11-14(17-22-15-12(2)20-9-6-13(15)27-17)16(23-18(21-11)28(3)26)24-19(10-25)7-4-5-8-19/h6,9,25H,4-5,7-8,10H2,1-3H3,(H,21,23,24). The van der Waals surface area contributed by atoms with E-state index < -0.39 is 16.3 Å². The molecule has 2 N–H and O–H groups in total. The van der Waals surface area contributed by atoms with Gasteiger partial charge in [-0.2, -0.15) is 0 Å². The molecule has 3 aromatic heterocycles. The van der Waals surface area contributed by atoms with E-state index in [1.807, 2.05) is 19.9 Å². The third-order valence-corrected chi connectivity index (χ3v) is 7.01. The number of thiazole rings is 1. The highest BCUT2D eigenvalue weighted by atomic mass is 32.2. The van der Waals surface area contributed by atoms with Gasteiger partial charge >= 0.3 is 0 Å². The zero-order valence-corrected chi connectivity index (χ0v) is 17.8. The molecule has 3 aromatic rings. The number of aryl methyl sites for hydroxylation is 2. The predicted molar refractivity (Wildman–Crippen MR) is 112 cm³/mol. The molecule has 0 amide bonds. The van der Waals surface area contributed by atoms with Crippen LogP contribution in [0.15, 0.2) is 17.4 Å². The Hall–Kier alpha value is -1.97. The summed E-state index contributed by atoms with van der Waals surface area (Å²) in [6, 6.07) is 1.95. The van der Waals surface area contributed by atoms with Crippen molar-refractivity contribution < 1.29 is 9.32 Å². The Balaban J connectivity index is 1.89. The van der Waals surface area contributed by atoms with Crippen LogP contribution in [0.25, 0.3) is 20.8 Å². The Kier molecular flexibility index (Phi) is 5.15. The van der Waals surface area contributed by atoms with E-state index in [0.29, 0.717) is 5.82 Å². The molecule has 0 radical (unpaired) electrons. The first-order chi connectivity index (χ1) is 13.4. The van der Waals surface area contributed by atoms with E-state index in [2.05, 4.69) is 20.3 Å². The van der Waals surface area contributed by atoms with Crippen LogP contribution in [0.3, 0.4) is 0 Å². The SMILES string of the molecule is Cc1nc(S(C)=O)nc(NC2(CO)CCCC2)c1-c1nc2c(C)nccc2s1. The Morgan fingerprint density at radius 1 is 1.21 bits per heavy atom. The third kappa shape index (κ3) is 3.42. The lowest BCUT2D eigenvalue weighted by molar-refractivity contribution is 0.214. The molecule has 0 aliphatic heterocycles. The minimum absolute atomic E-state index is 0.0307. The number of nitrogens with one attached hydrogen (secondary N) is 1. The van der Waals surface area contributed by atoms with E-state index in [1.165, 1.54) is 0 Å². The summed E-state index contributed by atoms with van der Waals surface area (Å²) in [4.78, 5) is 18.2. The zero-order chi connectivity index (χ0) is 19.9. The van der Waals surface area contributed by atoms with Gasteiger partial charge in [-0.15, -0.1) is 11.3 Å². The van der Waals surface area contributed by atoms with Crippen molar-refractivity contribution in [3.63, 3.8) is 0 Å². The molecular weight excluding hydrogens is 394 g/mol. The molecule has 0 aromatic carbocycles. The predicted octanol–water partition coefficient (Wildman–Crippen LogP) is 3.22.